The predicted octanol–water partition coefficient (Wildman–Crippen LogP) is 1.35. The number of carbonyl (C=O) groups is 2. The van der Waals surface area contributed by atoms with Crippen LogP contribution in [0.5, 0.6) is 0 Å². The molecule has 1 saturated carbocycles. The van der Waals surface area contributed by atoms with E-state index in [4.69, 9.17) is 5.73 Å². The minimum Gasteiger partial charge on any atom is -0.366 e. The number of nitrogens with two attached hydrogens (primary N) is 1. The molecule has 8 nitrogen and oxygen atoms in total. The second-order valence-corrected chi connectivity index (χ2v) is 8.90. The van der Waals surface area contributed by atoms with Crippen molar-refractivity contribution in [3.05, 3.63) is 54.0 Å². The molecule has 0 bridgehead atoms. The van der Waals surface area contributed by atoms with Gasteiger partial charge in [0.05, 0.1) is 0 Å². The van der Waals surface area contributed by atoms with E-state index >= 15 is 0 Å². The van der Waals surface area contributed by atoms with Crippen LogP contribution in [0.1, 0.15) is 32.6 Å². The highest BCUT2D eigenvalue weighted by atomic mass is 16.1. The van der Waals surface area contributed by atoms with Gasteiger partial charge < -0.3 is 26.6 Å². The van der Waals surface area contributed by atoms with Crippen LogP contribution in [0.3, 0.4) is 0 Å². The van der Waals surface area contributed by atoms with Gasteiger partial charge in [0.2, 0.25) is 0 Å². The zero-order valence-electron chi connectivity index (χ0n) is 18.9. The van der Waals surface area contributed by atoms with Crippen LogP contribution < -0.4 is 21.7 Å². The Kier molecular flexibility index (Phi) is 6.53. The maximum atomic E-state index is 13.1. The summed E-state index contributed by atoms with van der Waals surface area (Å²) in [6, 6.07) is 9.82. The van der Waals surface area contributed by atoms with E-state index in [-0.39, 0.29) is 11.8 Å². The maximum absolute atomic E-state index is 13.1. The third-order valence-electron chi connectivity index (χ3n) is 6.95. The fourth-order valence-corrected chi connectivity index (χ4v) is 5.25. The highest BCUT2D eigenvalue weighted by Gasteiger charge is 2.47. The molecule has 2 atom stereocenters. The van der Waals surface area contributed by atoms with Crippen molar-refractivity contribution in [3.63, 3.8) is 0 Å². The number of para-hydroxylation sites is 1. The molecule has 0 radical (unpaired) electrons. The third kappa shape index (κ3) is 4.12. The first-order valence-corrected chi connectivity index (χ1v) is 11.5. The first kappa shape index (κ1) is 22.4. The summed E-state index contributed by atoms with van der Waals surface area (Å²) < 4.78 is 0. The van der Waals surface area contributed by atoms with Crippen molar-refractivity contribution in [2.45, 2.75) is 50.4 Å². The summed E-state index contributed by atoms with van der Waals surface area (Å²) >= 11 is 0. The average Bonchev–Trinajstić information content (AvgIpc) is 3.33. The zero-order chi connectivity index (χ0) is 22.7. The largest absolute Gasteiger partial charge is 0.366 e. The number of carbonyl (C=O) groups excluding carboxylic acids is 2. The van der Waals surface area contributed by atoms with E-state index in [1.165, 1.54) is 12.8 Å². The molecule has 2 aliphatic heterocycles. The molecule has 1 aromatic rings. The molecule has 1 saturated heterocycles. The Hall–Kier alpha value is -2.84. The number of hydrogen-bond donors (Lipinski definition) is 4. The smallest absolute Gasteiger partial charge is 0.252 e. The summed E-state index contributed by atoms with van der Waals surface area (Å²) in [7, 11) is 2.06. The summed E-state index contributed by atoms with van der Waals surface area (Å²) in [5, 5.41) is 10.2. The SMILES string of the molecule is CC(=O)C1CNCCN1C1=C(C(N)=O)C(Nc2ccccc2)(N(C)C2CCCC2)C=CN1. The van der Waals surface area contributed by atoms with Gasteiger partial charge in [-0.25, -0.2) is 0 Å². The van der Waals surface area contributed by atoms with Crippen molar-refractivity contribution in [1.82, 2.24) is 20.4 Å². The minimum atomic E-state index is -0.936. The number of ketones is 1. The van der Waals surface area contributed by atoms with E-state index in [1.807, 2.05) is 47.5 Å². The van der Waals surface area contributed by atoms with Crippen molar-refractivity contribution in [1.29, 1.82) is 0 Å². The first-order valence-electron chi connectivity index (χ1n) is 11.5. The lowest BCUT2D eigenvalue weighted by atomic mass is 9.90. The van der Waals surface area contributed by atoms with E-state index in [0.717, 1.165) is 25.1 Å². The van der Waals surface area contributed by atoms with Gasteiger partial charge in [-0.2, -0.15) is 0 Å². The molecule has 172 valence electrons. The Morgan fingerprint density at radius 3 is 2.59 bits per heavy atom. The van der Waals surface area contributed by atoms with E-state index in [9.17, 15) is 9.59 Å². The highest BCUT2D eigenvalue weighted by molar-refractivity contribution is 5.97. The number of likely N-dealkylation sites (N-methyl/N-ethyl adjacent to an activating group) is 1. The monoisotopic (exact) mass is 438 g/mol. The number of Topliss-reactive ketones (excluding diaryl/α,β-unsaturated/α-hetero) is 1. The molecule has 32 heavy (non-hydrogen) atoms. The number of nitrogens with zero attached hydrogens (tertiary/aromatic N) is 2. The van der Waals surface area contributed by atoms with E-state index < -0.39 is 11.6 Å². The second-order valence-electron chi connectivity index (χ2n) is 8.90. The fourth-order valence-electron chi connectivity index (χ4n) is 5.25. The predicted molar refractivity (Wildman–Crippen MR) is 125 cm³/mol. The Morgan fingerprint density at radius 2 is 1.94 bits per heavy atom. The fraction of sp³-hybridized carbons (Fsp3) is 0.500. The topological polar surface area (TPSA) is 103 Å². The molecule has 1 aromatic carbocycles. The molecule has 8 heteroatoms. The third-order valence-corrected chi connectivity index (χ3v) is 6.95. The quantitative estimate of drug-likeness (QED) is 0.477. The Bertz CT molecular complexity index is 908. The van der Waals surface area contributed by atoms with Gasteiger partial charge in [-0.3, -0.25) is 14.5 Å². The van der Waals surface area contributed by atoms with Crippen molar-refractivity contribution in [2.75, 3.05) is 32.0 Å². The first-order chi connectivity index (χ1) is 15.4. The summed E-state index contributed by atoms with van der Waals surface area (Å²) in [5.74, 6) is 0.150. The number of nitrogens with one attached hydrogen (secondary N) is 3. The summed E-state index contributed by atoms with van der Waals surface area (Å²) in [4.78, 5) is 29.8. The molecule has 0 aromatic heterocycles. The standard InChI is InChI=1S/C24H34N6O2/c1-17(31)20-16-26-14-15-30(20)23-21(22(25)32)24(12-13-27-23,28-18-8-4-3-5-9-18)29(2)19-10-6-7-11-19/h3-5,8-9,12-13,19-20,26-28H,6-7,10-11,14-16H2,1-2H3,(H2,25,32). The summed E-state index contributed by atoms with van der Waals surface area (Å²) in [6.45, 7) is 3.45. The minimum absolute atomic E-state index is 0.0515. The average molecular weight is 439 g/mol. The number of hydrogen-bond acceptors (Lipinski definition) is 7. The summed E-state index contributed by atoms with van der Waals surface area (Å²) in [6.07, 6.45) is 8.33. The van der Waals surface area contributed by atoms with Gasteiger partial charge in [-0.15, -0.1) is 0 Å². The van der Waals surface area contributed by atoms with Crippen LogP contribution >= 0.6 is 0 Å². The van der Waals surface area contributed by atoms with Crippen LogP contribution in [-0.2, 0) is 9.59 Å². The van der Waals surface area contributed by atoms with Gasteiger partial charge in [0.1, 0.15) is 23.1 Å². The molecule has 2 heterocycles. The Labute approximate surface area is 189 Å². The van der Waals surface area contributed by atoms with Crippen LogP contribution in [0.2, 0.25) is 0 Å². The van der Waals surface area contributed by atoms with Crippen LogP contribution in [0.4, 0.5) is 5.69 Å². The molecule has 2 fully saturated rings. The van der Waals surface area contributed by atoms with Gasteiger partial charge in [0, 0.05) is 37.6 Å². The molecule has 5 N–H and O–H groups in total. The maximum Gasteiger partial charge on any atom is 0.252 e. The van der Waals surface area contributed by atoms with Crippen molar-refractivity contribution < 1.29 is 9.59 Å². The number of anilines is 1. The van der Waals surface area contributed by atoms with Crippen LogP contribution in [0, 0.1) is 0 Å². The highest BCUT2D eigenvalue weighted by Crippen LogP contribution is 2.37. The normalized spacial score (nSPS) is 26.3. The molecule has 2 unspecified atom stereocenters. The van der Waals surface area contributed by atoms with Crippen molar-refractivity contribution in [2.24, 2.45) is 5.73 Å². The van der Waals surface area contributed by atoms with Crippen LogP contribution in [-0.4, -0.2) is 65.9 Å². The number of benzene rings is 1. The number of rotatable bonds is 7. The number of dihydropyridines is 1. The van der Waals surface area contributed by atoms with Gasteiger partial charge in [0.25, 0.3) is 5.91 Å². The van der Waals surface area contributed by atoms with E-state index in [1.54, 1.807) is 6.92 Å². The Balaban J connectivity index is 1.86. The molecule has 1 amide bonds. The lowest BCUT2D eigenvalue weighted by molar-refractivity contribution is -0.122. The van der Waals surface area contributed by atoms with Gasteiger partial charge in [-0.05, 0) is 45.0 Å². The lowest BCUT2D eigenvalue weighted by Gasteiger charge is -2.49. The molecular formula is C24H34N6O2. The van der Waals surface area contributed by atoms with Crippen molar-refractivity contribution in [3.8, 4) is 0 Å². The van der Waals surface area contributed by atoms with Crippen molar-refractivity contribution >= 4 is 17.4 Å². The Morgan fingerprint density at radius 1 is 1.22 bits per heavy atom. The zero-order valence-corrected chi connectivity index (χ0v) is 18.9. The molecule has 3 aliphatic rings. The number of amides is 1. The number of piperazine rings is 1. The van der Waals surface area contributed by atoms with Gasteiger partial charge in [-0.1, -0.05) is 31.0 Å². The van der Waals surface area contributed by atoms with Gasteiger partial charge in [0.15, 0.2) is 5.78 Å². The summed E-state index contributed by atoms with van der Waals surface area (Å²) in [5.41, 5.74) is 6.48. The van der Waals surface area contributed by atoms with Crippen LogP contribution in [0.25, 0.3) is 0 Å². The second kappa shape index (κ2) is 9.34. The molecule has 0 spiro atoms. The lowest BCUT2D eigenvalue weighted by Crippen LogP contribution is -2.63. The molecule has 1 aliphatic carbocycles. The van der Waals surface area contributed by atoms with E-state index in [0.29, 0.717) is 30.5 Å². The number of primary amides is 1. The molecule has 4 rings (SSSR count). The van der Waals surface area contributed by atoms with Crippen LogP contribution in [0.15, 0.2) is 54.0 Å². The van der Waals surface area contributed by atoms with E-state index in [2.05, 4.69) is 27.9 Å². The van der Waals surface area contributed by atoms with Gasteiger partial charge >= 0.3 is 0 Å². The molecular weight excluding hydrogens is 404 g/mol.